The van der Waals surface area contributed by atoms with Crippen molar-refractivity contribution in [1.82, 2.24) is 4.90 Å². The summed E-state index contributed by atoms with van der Waals surface area (Å²) >= 11 is 0. The lowest BCUT2D eigenvalue weighted by Crippen LogP contribution is -2.50. The predicted octanol–water partition coefficient (Wildman–Crippen LogP) is 0.521. The number of nitrogens with zero attached hydrogens (tertiary/aromatic N) is 1. The van der Waals surface area contributed by atoms with Crippen molar-refractivity contribution >= 4 is 0 Å². The molecule has 2 aliphatic heterocycles. The first-order chi connectivity index (χ1) is 5.29. The average Bonchev–Trinajstić information content (AvgIpc) is 2.53. The van der Waals surface area contributed by atoms with E-state index >= 15 is 0 Å². The van der Waals surface area contributed by atoms with Gasteiger partial charge in [0.2, 0.25) is 0 Å². The van der Waals surface area contributed by atoms with E-state index in [4.69, 9.17) is 5.73 Å². The molecule has 0 aromatic carbocycles. The second kappa shape index (κ2) is 2.42. The Bertz CT molecular complexity index is 162. The van der Waals surface area contributed by atoms with Crippen molar-refractivity contribution in [2.45, 2.75) is 31.0 Å². The van der Waals surface area contributed by atoms with Crippen LogP contribution in [-0.2, 0) is 0 Å². The number of nitrogens with two attached hydrogens (primary N) is 1. The number of alkyl halides is 1. The molecule has 2 rings (SSSR count). The van der Waals surface area contributed by atoms with Crippen LogP contribution in [0.2, 0.25) is 0 Å². The van der Waals surface area contributed by atoms with E-state index in [0.29, 0.717) is 13.0 Å². The summed E-state index contributed by atoms with van der Waals surface area (Å²) in [6.45, 7) is 2.46. The summed E-state index contributed by atoms with van der Waals surface area (Å²) in [7, 11) is 0. The van der Waals surface area contributed by atoms with Crippen molar-refractivity contribution < 1.29 is 4.39 Å². The summed E-state index contributed by atoms with van der Waals surface area (Å²) in [4.78, 5) is 2.23. The third-order valence-corrected chi connectivity index (χ3v) is 3.26. The fraction of sp³-hybridized carbons (Fsp3) is 1.00. The maximum Gasteiger partial charge on any atom is 0.121 e. The zero-order chi connectivity index (χ0) is 7.90. The molecule has 2 saturated heterocycles. The topological polar surface area (TPSA) is 29.3 Å². The Kier molecular flexibility index (Phi) is 1.65. The molecule has 0 aliphatic carbocycles. The molecule has 0 radical (unpaired) electrons. The van der Waals surface area contributed by atoms with Crippen LogP contribution in [0.4, 0.5) is 4.39 Å². The minimum absolute atomic E-state index is 0.250. The molecule has 2 aliphatic rings. The average molecular weight is 158 g/mol. The molecule has 0 bridgehead atoms. The van der Waals surface area contributed by atoms with Gasteiger partial charge >= 0.3 is 0 Å². The van der Waals surface area contributed by atoms with Crippen molar-refractivity contribution in [2.24, 2.45) is 5.73 Å². The van der Waals surface area contributed by atoms with Crippen LogP contribution in [0.5, 0.6) is 0 Å². The summed E-state index contributed by atoms with van der Waals surface area (Å²) in [5.41, 5.74) is 5.37. The first-order valence-electron chi connectivity index (χ1n) is 4.39. The lowest BCUT2D eigenvalue weighted by Gasteiger charge is -2.31. The van der Waals surface area contributed by atoms with Crippen LogP contribution in [0.25, 0.3) is 0 Å². The first-order valence-corrected chi connectivity index (χ1v) is 4.39. The van der Waals surface area contributed by atoms with E-state index in [1.807, 2.05) is 0 Å². The molecule has 2 unspecified atom stereocenters. The lowest BCUT2D eigenvalue weighted by atomic mass is 9.93. The zero-order valence-electron chi connectivity index (χ0n) is 6.72. The second-order valence-corrected chi connectivity index (χ2v) is 3.65. The normalized spacial score (nSPS) is 44.7. The van der Waals surface area contributed by atoms with Gasteiger partial charge < -0.3 is 5.73 Å². The van der Waals surface area contributed by atoms with Gasteiger partial charge in [0.1, 0.15) is 6.17 Å². The maximum atomic E-state index is 13.4. The molecule has 0 spiro atoms. The largest absolute Gasteiger partial charge is 0.329 e. The highest BCUT2D eigenvalue weighted by atomic mass is 19.1. The third kappa shape index (κ3) is 0.842. The van der Waals surface area contributed by atoms with Gasteiger partial charge in [0, 0.05) is 13.1 Å². The SMILES string of the molecule is NCC12CCCN1CCC2F. The molecule has 0 aromatic heterocycles. The molecule has 3 heteroatoms. The number of fused-ring (bicyclic) bond motifs is 1. The Morgan fingerprint density at radius 1 is 1.55 bits per heavy atom. The van der Waals surface area contributed by atoms with E-state index in [9.17, 15) is 4.39 Å². The Balaban J connectivity index is 2.22. The number of rotatable bonds is 1. The van der Waals surface area contributed by atoms with Gasteiger partial charge in [-0.3, -0.25) is 4.90 Å². The van der Waals surface area contributed by atoms with Crippen LogP contribution in [0, 0.1) is 0 Å². The van der Waals surface area contributed by atoms with Crippen LogP contribution in [0.15, 0.2) is 0 Å². The fourth-order valence-corrected chi connectivity index (χ4v) is 2.54. The second-order valence-electron chi connectivity index (χ2n) is 3.65. The smallest absolute Gasteiger partial charge is 0.121 e. The van der Waals surface area contributed by atoms with Gasteiger partial charge in [-0.1, -0.05) is 0 Å². The van der Waals surface area contributed by atoms with E-state index in [1.165, 1.54) is 0 Å². The summed E-state index contributed by atoms with van der Waals surface area (Å²) in [5, 5.41) is 0. The molecule has 11 heavy (non-hydrogen) atoms. The van der Waals surface area contributed by atoms with E-state index in [2.05, 4.69) is 4.90 Å². The van der Waals surface area contributed by atoms with Gasteiger partial charge in [0.15, 0.2) is 0 Å². The number of halogens is 1. The molecule has 2 N–H and O–H groups in total. The highest BCUT2D eigenvalue weighted by molar-refractivity contribution is 5.06. The highest BCUT2D eigenvalue weighted by Gasteiger charge is 2.50. The monoisotopic (exact) mass is 158 g/mol. The molecular weight excluding hydrogens is 143 g/mol. The summed E-state index contributed by atoms with van der Waals surface area (Å²) in [5.74, 6) is 0. The van der Waals surface area contributed by atoms with Crippen molar-refractivity contribution in [2.75, 3.05) is 19.6 Å². The van der Waals surface area contributed by atoms with Crippen molar-refractivity contribution in [3.05, 3.63) is 0 Å². The van der Waals surface area contributed by atoms with Gasteiger partial charge in [0.25, 0.3) is 0 Å². The molecule has 2 nitrogen and oxygen atoms in total. The molecule has 0 aromatic rings. The van der Waals surface area contributed by atoms with Gasteiger partial charge in [-0.15, -0.1) is 0 Å². The van der Waals surface area contributed by atoms with Gasteiger partial charge in [-0.05, 0) is 25.8 Å². The fourth-order valence-electron chi connectivity index (χ4n) is 2.54. The van der Waals surface area contributed by atoms with Crippen molar-refractivity contribution in [3.8, 4) is 0 Å². The molecule has 0 saturated carbocycles. The summed E-state index contributed by atoms with van der Waals surface area (Å²) in [6.07, 6.45) is 2.11. The molecule has 2 heterocycles. The Labute approximate surface area is 66.5 Å². The Morgan fingerprint density at radius 3 is 3.00 bits per heavy atom. The minimum Gasteiger partial charge on any atom is -0.329 e. The molecule has 64 valence electrons. The quantitative estimate of drug-likeness (QED) is 0.603. The summed E-state index contributed by atoms with van der Waals surface area (Å²) in [6, 6.07) is 0. The Hall–Kier alpha value is -0.150. The van der Waals surface area contributed by atoms with E-state index in [1.54, 1.807) is 0 Å². The van der Waals surface area contributed by atoms with E-state index in [0.717, 1.165) is 25.9 Å². The van der Waals surface area contributed by atoms with Crippen LogP contribution >= 0.6 is 0 Å². The molecule has 0 amide bonds. The number of hydrogen-bond acceptors (Lipinski definition) is 2. The lowest BCUT2D eigenvalue weighted by molar-refractivity contribution is 0.126. The first kappa shape index (κ1) is 7.50. The van der Waals surface area contributed by atoms with Crippen molar-refractivity contribution in [1.29, 1.82) is 0 Å². The van der Waals surface area contributed by atoms with Crippen LogP contribution in [0.3, 0.4) is 0 Å². The molecular formula is C8H15FN2. The minimum atomic E-state index is -0.671. The van der Waals surface area contributed by atoms with E-state index in [-0.39, 0.29) is 5.54 Å². The van der Waals surface area contributed by atoms with Gasteiger partial charge in [-0.2, -0.15) is 0 Å². The maximum absolute atomic E-state index is 13.4. The molecule has 2 fully saturated rings. The van der Waals surface area contributed by atoms with Gasteiger partial charge in [-0.25, -0.2) is 4.39 Å². The standard InChI is InChI=1S/C8H15FN2/c9-7-2-5-11-4-1-3-8(7,11)6-10/h7H,1-6,10H2. The summed E-state index contributed by atoms with van der Waals surface area (Å²) < 4.78 is 13.4. The third-order valence-electron chi connectivity index (χ3n) is 3.26. The number of hydrogen-bond donors (Lipinski definition) is 1. The van der Waals surface area contributed by atoms with Crippen molar-refractivity contribution in [3.63, 3.8) is 0 Å². The van der Waals surface area contributed by atoms with Crippen LogP contribution < -0.4 is 5.73 Å². The Morgan fingerprint density at radius 2 is 2.36 bits per heavy atom. The van der Waals surface area contributed by atoms with E-state index < -0.39 is 6.17 Å². The van der Waals surface area contributed by atoms with Gasteiger partial charge in [0.05, 0.1) is 5.54 Å². The van der Waals surface area contributed by atoms with Crippen LogP contribution in [0.1, 0.15) is 19.3 Å². The predicted molar refractivity (Wildman–Crippen MR) is 42.1 cm³/mol. The highest BCUT2D eigenvalue weighted by Crippen LogP contribution is 2.39. The van der Waals surface area contributed by atoms with Crippen LogP contribution in [-0.4, -0.2) is 36.2 Å². The zero-order valence-corrected chi connectivity index (χ0v) is 6.72. The molecule has 2 atom stereocenters.